The van der Waals surface area contributed by atoms with Crippen molar-refractivity contribution in [2.45, 2.75) is 38.8 Å². The van der Waals surface area contributed by atoms with Gasteiger partial charge in [-0.25, -0.2) is 0 Å². The van der Waals surface area contributed by atoms with E-state index in [0.29, 0.717) is 12.1 Å². The summed E-state index contributed by atoms with van der Waals surface area (Å²) in [5.41, 5.74) is 1.29. The van der Waals surface area contributed by atoms with Crippen molar-refractivity contribution in [1.29, 1.82) is 0 Å². The Bertz CT molecular complexity index is 407. The molecule has 4 heteroatoms. The van der Waals surface area contributed by atoms with E-state index in [1.165, 1.54) is 23.0 Å². The van der Waals surface area contributed by atoms with Crippen LogP contribution in [-0.2, 0) is 0 Å². The fourth-order valence-electron chi connectivity index (χ4n) is 2.53. The van der Waals surface area contributed by atoms with Gasteiger partial charge < -0.3 is 10.2 Å². The fraction of sp³-hybridized carbons (Fsp3) is 0.571. The zero-order chi connectivity index (χ0) is 13.1. The molecule has 1 N–H and O–H groups in total. The molecule has 0 spiro atoms. The minimum atomic E-state index is 0.556. The summed E-state index contributed by atoms with van der Waals surface area (Å²) in [7, 11) is 0. The van der Waals surface area contributed by atoms with Gasteiger partial charge in [0.05, 0.1) is 5.69 Å². The van der Waals surface area contributed by atoms with E-state index in [2.05, 4.69) is 74.1 Å². The van der Waals surface area contributed by atoms with Gasteiger partial charge in [0.2, 0.25) is 0 Å². The van der Waals surface area contributed by atoms with Gasteiger partial charge in [-0.1, -0.05) is 29.8 Å². The van der Waals surface area contributed by atoms with Crippen LogP contribution in [0.5, 0.6) is 0 Å². The van der Waals surface area contributed by atoms with E-state index in [-0.39, 0.29) is 0 Å². The lowest BCUT2D eigenvalue weighted by atomic mass is 10.0. The maximum atomic E-state index is 3.65. The molecule has 0 amide bonds. The van der Waals surface area contributed by atoms with Gasteiger partial charge in [-0.15, -0.1) is 0 Å². The van der Waals surface area contributed by atoms with Crippen molar-refractivity contribution in [3.05, 3.63) is 27.1 Å². The van der Waals surface area contributed by atoms with Gasteiger partial charge in [0, 0.05) is 34.1 Å². The fourth-order valence-corrected chi connectivity index (χ4v) is 3.38. The third-order valence-corrected chi connectivity index (χ3v) is 4.40. The first kappa shape index (κ1) is 14.4. The first-order chi connectivity index (χ1) is 8.56. The molecule has 2 rings (SSSR count). The smallest absolute Gasteiger partial charge is 0.0522 e. The molecular formula is C14H20Br2N2. The van der Waals surface area contributed by atoms with E-state index in [1.54, 1.807) is 0 Å². The van der Waals surface area contributed by atoms with Crippen molar-refractivity contribution >= 4 is 37.5 Å². The van der Waals surface area contributed by atoms with Crippen LogP contribution in [0.2, 0.25) is 0 Å². The quantitative estimate of drug-likeness (QED) is 0.852. The second kappa shape index (κ2) is 6.40. The molecule has 1 heterocycles. The molecule has 1 aromatic rings. The molecule has 100 valence electrons. The number of rotatable bonds is 3. The van der Waals surface area contributed by atoms with Crippen molar-refractivity contribution in [2.24, 2.45) is 0 Å². The lowest BCUT2D eigenvalue weighted by molar-refractivity contribution is 0.394. The average Bonchev–Trinajstić information content (AvgIpc) is 2.32. The standard InChI is InChI=1S/C14H20Br2N2/c1-10(2)17-12-4-3-7-18(9-12)14-8-11(15)5-6-13(14)16/h5-6,8,10,12,17H,3-4,7,9H2,1-2H3. The Kier molecular flexibility index (Phi) is 5.10. The Hall–Kier alpha value is -0.0600. The Labute approximate surface area is 126 Å². The molecule has 1 aliphatic rings. The molecule has 1 atom stereocenters. The summed E-state index contributed by atoms with van der Waals surface area (Å²) in [5, 5.41) is 3.65. The summed E-state index contributed by atoms with van der Waals surface area (Å²) in [5.74, 6) is 0. The topological polar surface area (TPSA) is 15.3 Å². The van der Waals surface area contributed by atoms with Gasteiger partial charge in [0.25, 0.3) is 0 Å². The van der Waals surface area contributed by atoms with Crippen LogP contribution in [0.4, 0.5) is 5.69 Å². The molecule has 1 unspecified atom stereocenters. The average molecular weight is 376 g/mol. The molecule has 1 aromatic carbocycles. The number of hydrogen-bond acceptors (Lipinski definition) is 2. The molecule has 1 aliphatic heterocycles. The summed E-state index contributed by atoms with van der Waals surface area (Å²) in [6.07, 6.45) is 2.53. The van der Waals surface area contributed by atoms with Crippen LogP contribution >= 0.6 is 31.9 Å². The lowest BCUT2D eigenvalue weighted by Crippen LogP contribution is -2.48. The van der Waals surface area contributed by atoms with Crippen LogP contribution < -0.4 is 10.2 Å². The zero-order valence-corrected chi connectivity index (χ0v) is 14.1. The summed E-state index contributed by atoms with van der Waals surface area (Å²) in [6, 6.07) is 7.54. The van der Waals surface area contributed by atoms with Crippen LogP contribution in [0.15, 0.2) is 27.1 Å². The van der Waals surface area contributed by atoms with Crippen molar-refractivity contribution in [1.82, 2.24) is 5.32 Å². The summed E-state index contributed by atoms with van der Waals surface area (Å²) in [6.45, 7) is 6.67. The minimum Gasteiger partial charge on any atom is -0.369 e. The van der Waals surface area contributed by atoms with E-state index in [0.717, 1.165) is 17.6 Å². The zero-order valence-electron chi connectivity index (χ0n) is 10.9. The van der Waals surface area contributed by atoms with Crippen LogP contribution in [0.1, 0.15) is 26.7 Å². The van der Waals surface area contributed by atoms with Gasteiger partial charge >= 0.3 is 0 Å². The number of nitrogens with zero attached hydrogens (tertiary/aromatic N) is 1. The van der Waals surface area contributed by atoms with Crippen molar-refractivity contribution in [2.75, 3.05) is 18.0 Å². The maximum absolute atomic E-state index is 3.65. The Balaban J connectivity index is 2.10. The van der Waals surface area contributed by atoms with E-state index in [1.807, 2.05) is 0 Å². The predicted molar refractivity (Wildman–Crippen MR) is 85.3 cm³/mol. The molecule has 0 saturated carbocycles. The van der Waals surface area contributed by atoms with Crippen LogP contribution in [0.3, 0.4) is 0 Å². The second-order valence-electron chi connectivity index (χ2n) is 5.20. The van der Waals surface area contributed by atoms with E-state index < -0.39 is 0 Å². The number of benzene rings is 1. The number of hydrogen-bond donors (Lipinski definition) is 1. The summed E-state index contributed by atoms with van der Waals surface area (Å²) >= 11 is 7.21. The molecule has 0 aliphatic carbocycles. The Morgan fingerprint density at radius 3 is 2.83 bits per heavy atom. The molecule has 18 heavy (non-hydrogen) atoms. The predicted octanol–water partition coefficient (Wildman–Crippen LogP) is 4.18. The Morgan fingerprint density at radius 1 is 1.33 bits per heavy atom. The number of halogens is 2. The summed E-state index contributed by atoms with van der Waals surface area (Å²) < 4.78 is 2.32. The lowest BCUT2D eigenvalue weighted by Gasteiger charge is -2.36. The third-order valence-electron chi connectivity index (χ3n) is 3.24. The van der Waals surface area contributed by atoms with Crippen LogP contribution in [-0.4, -0.2) is 25.2 Å². The van der Waals surface area contributed by atoms with Crippen LogP contribution in [0, 0.1) is 0 Å². The van der Waals surface area contributed by atoms with Crippen molar-refractivity contribution in [3.8, 4) is 0 Å². The largest absolute Gasteiger partial charge is 0.369 e. The van der Waals surface area contributed by atoms with E-state index in [4.69, 9.17) is 0 Å². The van der Waals surface area contributed by atoms with Crippen molar-refractivity contribution in [3.63, 3.8) is 0 Å². The molecular weight excluding hydrogens is 356 g/mol. The number of piperidine rings is 1. The van der Waals surface area contributed by atoms with Gasteiger partial charge in [-0.2, -0.15) is 0 Å². The molecule has 2 nitrogen and oxygen atoms in total. The van der Waals surface area contributed by atoms with Gasteiger partial charge in [0.1, 0.15) is 0 Å². The number of nitrogens with one attached hydrogen (secondary N) is 1. The second-order valence-corrected chi connectivity index (χ2v) is 6.97. The number of anilines is 1. The molecule has 1 saturated heterocycles. The highest BCUT2D eigenvalue weighted by molar-refractivity contribution is 9.11. The summed E-state index contributed by atoms with van der Waals surface area (Å²) in [4.78, 5) is 2.47. The maximum Gasteiger partial charge on any atom is 0.0522 e. The molecule has 0 radical (unpaired) electrons. The van der Waals surface area contributed by atoms with Crippen molar-refractivity contribution < 1.29 is 0 Å². The monoisotopic (exact) mass is 374 g/mol. The highest BCUT2D eigenvalue weighted by Crippen LogP contribution is 2.31. The first-order valence-corrected chi connectivity index (χ1v) is 8.11. The molecule has 0 aromatic heterocycles. The minimum absolute atomic E-state index is 0.556. The van der Waals surface area contributed by atoms with Crippen LogP contribution in [0.25, 0.3) is 0 Å². The molecule has 0 bridgehead atoms. The van der Waals surface area contributed by atoms with E-state index >= 15 is 0 Å². The highest BCUT2D eigenvalue weighted by Gasteiger charge is 2.21. The van der Waals surface area contributed by atoms with Gasteiger partial charge in [-0.05, 0) is 47.0 Å². The normalized spacial score (nSPS) is 20.5. The van der Waals surface area contributed by atoms with Gasteiger partial charge in [-0.3, -0.25) is 0 Å². The Morgan fingerprint density at radius 2 is 2.11 bits per heavy atom. The molecule has 1 fully saturated rings. The van der Waals surface area contributed by atoms with Gasteiger partial charge in [0.15, 0.2) is 0 Å². The van der Waals surface area contributed by atoms with E-state index in [9.17, 15) is 0 Å². The first-order valence-electron chi connectivity index (χ1n) is 6.52. The highest BCUT2D eigenvalue weighted by atomic mass is 79.9. The SMILES string of the molecule is CC(C)NC1CCCN(c2cc(Br)ccc2Br)C1. The third kappa shape index (κ3) is 3.72.